The molecule has 156 valence electrons. The van der Waals surface area contributed by atoms with Crippen LogP contribution in [0.2, 0.25) is 0 Å². The highest BCUT2D eigenvalue weighted by Gasteiger charge is 2.10. The lowest BCUT2D eigenvalue weighted by Gasteiger charge is -2.08. The number of aryl methyl sites for hydroxylation is 3. The minimum atomic E-state index is -0.381. The van der Waals surface area contributed by atoms with E-state index in [1.807, 2.05) is 37.4 Å². The Morgan fingerprint density at radius 3 is 2.50 bits per heavy atom. The number of anilines is 3. The number of ether oxygens (including phenoxy) is 1. The van der Waals surface area contributed by atoms with Crippen LogP contribution < -0.4 is 20.7 Å². The van der Waals surface area contributed by atoms with Crippen LogP contribution in [0.3, 0.4) is 0 Å². The summed E-state index contributed by atoms with van der Waals surface area (Å²) >= 11 is 1.32. The fraction of sp³-hybridized carbons (Fsp3) is 0.227. The molecule has 1 heterocycles. The molecule has 7 nitrogen and oxygen atoms in total. The minimum Gasteiger partial charge on any atom is -0.497 e. The molecule has 3 rings (SSSR count). The number of hydrogen-bond acceptors (Lipinski definition) is 5. The number of methoxy groups -OCH3 is 1. The Balaban J connectivity index is 1.47. The molecule has 0 saturated heterocycles. The molecule has 0 aliphatic heterocycles. The molecule has 0 aliphatic carbocycles. The van der Waals surface area contributed by atoms with Gasteiger partial charge in [-0.3, -0.25) is 10.1 Å². The molecule has 0 bridgehead atoms. The van der Waals surface area contributed by atoms with Gasteiger partial charge in [-0.1, -0.05) is 17.7 Å². The summed E-state index contributed by atoms with van der Waals surface area (Å²) in [7, 11) is 1.59. The predicted molar refractivity (Wildman–Crippen MR) is 121 cm³/mol. The zero-order chi connectivity index (χ0) is 21.5. The van der Waals surface area contributed by atoms with Crippen molar-refractivity contribution >= 4 is 39.8 Å². The van der Waals surface area contributed by atoms with E-state index in [1.54, 1.807) is 31.4 Å². The first-order chi connectivity index (χ1) is 14.4. The maximum Gasteiger partial charge on any atom is 0.325 e. The van der Waals surface area contributed by atoms with Crippen molar-refractivity contribution in [2.24, 2.45) is 0 Å². The number of aromatic nitrogens is 1. The standard InChI is InChI=1S/C22H24N4O3S/c1-14-4-10-19(15(2)12-14)25-20(27)11-7-17-13-30-22(24-17)26-21(28)23-16-5-8-18(29-3)9-6-16/h4-6,8-10,12-13H,7,11H2,1-3H3,(H,25,27)(H2,23,24,26,28). The lowest BCUT2D eigenvalue weighted by Crippen LogP contribution is -2.19. The fourth-order valence-electron chi connectivity index (χ4n) is 2.82. The Bertz CT molecular complexity index is 1030. The number of carbonyl (C=O) groups excluding carboxylic acids is 2. The van der Waals surface area contributed by atoms with Crippen LogP contribution in [0, 0.1) is 13.8 Å². The second-order valence-corrected chi connectivity index (χ2v) is 7.68. The van der Waals surface area contributed by atoms with Gasteiger partial charge in [-0.2, -0.15) is 0 Å². The Hall–Kier alpha value is -3.39. The van der Waals surface area contributed by atoms with Gasteiger partial charge in [-0.25, -0.2) is 9.78 Å². The Morgan fingerprint density at radius 2 is 1.80 bits per heavy atom. The molecule has 0 saturated carbocycles. The van der Waals surface area contributed by atoms with E-state index in [9.17, 15) is 9.59 Å². The van der Waals surface area contributed by atoms with E-state index >= 15 is 0 Å². The molecule has 0 aliphatic rings. The van der Waals surface area contributed by atoms with Gasteiger partial charge in [-0.15, -0.1) is 11.3 Å². The zero-order valence-corrected chi connectivity index (χ0v) is 17.9. The van der Waals surface area contributed by atoms with E-state index in [0.717, 1.165) is 22.5 Å². The monoisotopic (exact) mass is 424 g/mol. The molecule has 2 aromatic carbocycles. The molecule has 0 fully saturated rings. The number of hydrogen-bond donors (Lipinski definition) is 3. The molecule has 3 aromatic rings. The van der Waals surface area contributed by atoms with Crippen molar-refractivity contribution in [3.63, 3.8) is 0 Å². The van der Waals surface area contributed by atoms with Crippen LogP contribution in [0.4, 0.5) is 21.3 Å². The average Bonchev–Trinajstić information content (AvgIpc) is 3.16. The number of urea groups is 1. The van der Waals surface area contributed by atoms with Gasteiger partial charge in [0.2, 0.25) is 5.91 Å². The normalized spacial score (nSPS) is 10.4. The van der Waals surface area contributed by atoms with Gasteiger partial charge < -0.3 is 15.4 Å². The third-order valence-electron chi connectivity index (χ3n) is 4.38. The molecule has 0 radical (unpaired) electrons. The Kier molecular flexibility index (Phi) is 7.03. The molecule has 30 heavy (non-hydrogen) atoms. The van der Waals surface area contributed by atoms with Crippen molar-refractivity contribution in [2.75, 3.05) is 23.1 Å². The third kappa shape index (κ3) is 6.05. The highest BCUT2D eigenvalue weighted by Crippen LogP contribution is 2.20. The van der Waals surface area contributed by atoms with Crippen LogP contribution in [0.1, 0.15) is 23.2 Å². The molecule has 0 spiro atoms. The first kappa shape index (κ1) is 21.3. The van der Waals surface area contributed by atoms with E-state index in [2.05, 4.69) is 20.9 Å². The van der Waals surface area contributed by atoms with Gasteiger partial charge in [0, 0.05) is 23.2 Å². The zero-order valence-electron chi connectivity index (χ0n) is 17.1. The van der Waals surface area contributed by atoms with Gasteiger partial charge in [0.05, 0.1) is 12.8 Å². The van der Waals surface area contributed by atoms with Crippen LogP contribution in [-0.4, -0.2) is 24.0 Å². The molecule has 3 N–H and O–H groups in total. The number of rotatable bonds is 7. The van der Waals surface area contributed by atoms with Crippen molar-refractivity contribution < 1.29 is 14.3 Å². The van der Waals surface area contributed by atoms with Crippen molar-refractivity contribution in [3.8, 4) is 5.75 Å². The first-order valence-electron chi connectivity index (χ1n) is 9.46. The number of carbonyl (C=O) groups is 2. The first-order valence-corrected chi connectivity index (χ1v) is 10.3. The van der Waals surface area contributed by atoms with Gasteiger partial charge in [0.1, 0.15) is 5.75 Å². The summed E-state index contributed by atoms with van der Waals surface area (Å²) in [5.41, 5.74) is 4.42. The Morgan fingerprint density at radius 1 is 1.03 bits per heavy atom. The fourth-order valence-corrected chi connectivity index (χ4v) is 3.56. The minimum absolute atomic E-state index is 0.0679. The maximum atomic E-state index is 12.2. The molecule has 0 unspecified atom stereocenters. The number of nitrogens with zero attached hydrogens (tertiary/aromatic N) is 1. The molecule has 0 atom stereocenters. The SMILES string of the molecule is COc1ccc(NC(=O)Nc2nc(CCC(=O)Nc3ccc(C)cc3C)cs2)cc1. The van der Waals surface area contributed by atoms with Crippen molar-refractivity contribution in [1.82, 2.24) is 4.98 Å². The number of benzene rings is 2. The second kappa shape index (κ2) is 9.89. The summed E-state index contributed by atoms with van der Waals surface area (Å²) in [6, 6.07) is 12.6. The lowest BCUT2D eigenvalue weighted by atomic mass is 10.1. The summed E-state index contributed by atoms with van der Waals surface area (Å²) in [5, 5.41) is 10.7. The highest BCUT2D eigenvalue weighted by atomic mass is 32.1. The van der Waals surface area contributed by atoms with E-state index in [0.29, 0.717) is 29.4 Å². The average molecular weight is 425 g/mol. The number of amides is 3. The van der Waals surface area contributed by atoms with Crippen molar-refractivity contribution in [2.45, 2.75) is 26.7 Å². The molecule has 1 aromatic heterocycles. The van der Waals surface area contributed by atoms with Gasteiger partial charge in [0.25, 0.3) is 0 Å². The van der Waals surface area contributed by atoms with Gasteiger partial charge >= 0.3 is 6.03 Å². The number of thiazole rings is 1. The van der Waals surface area contributed by atoms with Crippen molar-refractivity contribution in [3.05, 3.63) is 64.7 Å². The predicted octanol–water partition coefficient (Wildman–Crippen LogP) is 4.98. The van der Waals surface area contributed by atoms with E-state index in [1.165, 1.54) is 11.3 Å². The smallest absolute Gasteiger partial charge is 0.325 e. The number of nitrogens with one attached hydrogen (secondary N) is 3. The molecular weight excluding hydrogens is 400 g/mol. The van der Waals surface area contributed by atoms with Crippen molar-refractivity contribution in [1.29, 1.82) is 0 Å². The van der Waals surface area contributed by atoms with Crippen LogP contribution in [0.15, 0.2) is 47.8 Å². The summed E-state index contributed by atoms with van der Waals surface area (Å²) in [5.74, 6) is 0.647. The third-order valence-corrected chi connectivity index (χ3v) is 5.19. The maximum absolute atomic E-state index is 12.2. The quantitative estimate of drug-likeness (QED) is 0.498. The van der Waals surface area contributed by atoms with Gasteiger partial charge in [-0.05, 0) is 56.2 Å². The Labute approximate surface area is 179 Å². The van der Waals surface area contributed by atoms with Crippen LogP contribution in [0.25, 0.3) is 0 Å². The topological polar surface area (TPSA) is 92.3 Å². The second-order valence-electron chi connectivity index (χ2n) is 6.82. The molecule has 3 amide bonds. The van der Waals surface area contributed by atoms with Crippen LogP contribution in [0.5, 0.6) is 5.75 Å². The largest absolute Gasteiger partial charge is 0.497 e. The molecular formula is C22H24N4O3S. The van der Waals surface area contributed by atoms with Gasteiger partial charge in [0.15, 0.2) is 5.13 Å². The van der Waals surface area contributed by atoms with E-state index in [-0.39, 0.29) is 11.9 Å². The van der Waals surface area contributed by atoms with E-state index in [4.69, 9.17) is 4.74 Å². The summed E-state index contributed by atoms with van der Waals surface area (Å²) in [6.45, 7) is 3.99. The van der Waals surface area contributed by atoms with Crippen LogP contribution >= 0.6 is 11.3 Å². The summed E-state index contributed by atoms with van der Waals surface area (Å²) in [6.07, 6.45) is 0.809. The summed E-state index contributed by atoms with van der Waals surface area (Å²) in [4.78, 5) is 28.7. The highest BCUT2D eigenvalue weighted by molar-refractivity contribution is 7.13. The van der Waals surface area contributed by atoms with Crippen LogP contribution in [-0.2, 0) is 11.2 Å². The molecule has 8 heteroatoms. The van der Waals surface area contributed by atoms with E-state index < -0.39 is 0 Å². The summed E-state index contributed by atoms with van der Waals surface area (Å²) < 4.78 is 5.09. The lowest BCUT2D eigenvalue weighted by molar-refractivity contribution is -0.116.